The smallest absolute Gasteiger partial charge is 0.327 e. The van der Waals surface area contributed by atoms with Crippen LogP contribution in [0.2, 0.25) is 0 Å². The van der Waals surface area contributed by atoms with Gasteiger partial charge in [0.05, 0.1) is 0 Å². The second kappa shape index (κ2) is 17.3. The maximum atomic E-state index is 9.25. The Balaban J connectivity index is -0.000000131. The molecular formula is C12H18O2. The summed E-state index contributed by atoms with van der Waals surface area (Å²) < 4.78 is 0. The highest BCUT2D eigenvalue weighted by Gasteiger charge is 1.73. The molecule has 0 rings (SSSR count). The fraction of sp³-hybridized carbons (Fsp3) is 0.0833. The number of hydrogen-bond acceptors (Lipinski definition) is 1. The molecule has 0 aliphatic carbocycles. The molecule has 2 heteroatoms. The number of allylic oxidation sites excluding steroid dienone is 4. The summed E-state index contributed by atoms with van der Waals surface area (Å²) in [4.78, 5) is 9.25. The first-order chi connectivity index (χ1) is 6.45. The van der Waals surface area contributed by atoms with Crippen molar-refractivity contribution in [1.29, 1.82) is 0 Å². The van der Waals surface area contributed by atoms with Crippen LogP contribution in [0.15, 0.2) is 62.8 Å². The summed E-state index contributed by atoms with van der Waals surface area (Å²) in [7, 11) is 0. The van der Waals surface area contributed by atoms with Crippen LogP contribution in [0.25, 0.3) is 0 Å². The quantitative estimate of drug-likeness (QED) is 0.552. The fourth-order valence-corrected chi connectivity index (χ4v) is 0. The first-order valence-corrected chi connectivity index (χ1v) is 3.82. The molecular weight excluding hydrogens is 176 g/mol. The van der Waals surface area contributed by atoms with Crippen LogP contribution in [0, 0.1) is 0 Å². The third kappa shape index (κ3) is 85.1. The predicted molar refractivity (Wildman–Crippen MR) is 63.2 cm³/mol. The Hall–Kier alpha value is -1.83. The molecule has 0 saturated carbocycles. The van der Waals surface area contributed by atoms with Gasteiger partial charge in [0.2, 0.25) is 0 Å². The highest BCUT2D eigenvalue weighted by molar-refractivity contribution is 5.78. The van der Waals surface area contributed by atoms with Crippen molar-refractivity contribution < 1.29 is 9.90 Å². The molecule has 0 unspecified atom stereocenters. The van der Waals surface area contributed by atoms with E-state index in [1.165, 1.54) is 0 Å². The van der Waals surface area contributed by atoms with Crippen LogP contribution in [-0.2, 0) is 4.79 Å². The van der Waals surface area contributed by atoms with Gasteiger partial charge in [-0.25, -0.2) is 4.79 Å². The van der Waals surface area contributed by atoms with Crippen LogP contribution in [0.4, 0.5) is 0 Å². The number of aliphatic carboxylic acids is 1. The molecule has 78 valence electrons. The van der Waals surface area contributed by atoms with Crippen molar-refractivity contribution >= 4 is 5.97 Å². The van der Waals surface area contributed by atoms with E-state index in [0.717, 1.165) is 11.6 Å². The molecule has 2 nitrogen and oxygen atoms in total. The number of rotatable bonds is 3. The van der Waals surface area contributed by atoms with E-state index >= 15 is 0 Å². The second-order valence-corrected chi connectivity index (χ2v) is 2.06. The lowest BCUT2D eigenvalue weighted by atomic mass is 10.4. The van der Waals surface area contributed by atoms with Gasteiger partial charge in [-0.3, -0.25) is 0 Å². The normalized spacial score (nSPS) is 6.07. The Bertz CT molecular complexity index is 188. The van der Waals surface area contributed by atoms with Crippen molar-refractivity contribution in [3.8, 4) is 0 Å². The van der Waals surface area contributed by atoms with Crippen LogP contribution >= 0.6 is 0 Å². The first-order valence-electron chi connectivity index (χ1n) is 3.82. The van der Waals surface area contributed by atoms with E-state index < -0.39 is 5.97 Å². The highest BCUT2D eigenvalue weighted by atomic mass is 16.4. The molecule has 0 aromatic rings. The van der Waals surface area contributed by atoms with Gasteiger partial charge in [0.15, 0.2) is 0 Å². The van der Waals surface area contributed by atoms with Crippen LogP contribution < -0.4 is 0 Å². The lowest BCUT2D eigenvalue weighted by Gasteiger charge is -1.71. The van der Waals surface area contributed by atoms with Crippen LogP contribution in [-0.4, -0.2) is 11.1 Å². The van der Waals surface area contributed by atoms with E-state index in [1.54, 1.807) is 18.2 Å². The summed E-state index contributed by atoms with van der Waals surface area (Å²) in [6.45, 7) is 18.6. The number of carboxylic acid groups (broad SMARTS) is 1. The SMILES string of the molecule is C=CC(=C)C.C=CC(=O)O.C=CC=C. The van der Waals surface area contributed by atoms with E-state index in [2.05, 4.69) is 32.9 Å². The van der Waals surface area contributed by atoms with Gasteiger partial charge in [0.1, 0.15) is 0 Å². The van der Waals surface area contributed by atoms with Crippen molar-refractivity contribution in [3.05, 3.63) is 62.8 Å². The molecule has 0 aliphatic heterocycles. The van der Waals surface area contributed by atoms with Crippen molar-refractivity contribution in [2.75, 3.05) is 0 Å². The molecule has 0 saturated heterocycles. The Morgan fingerprint density at radius 2 is 1.29 bits per heavy atom. The minimum atomic E-state index is -0.981. The topological polar surface area (TPSA) is 37.3 Å². The summed E-state index contributed by atoms with van der Waals surface area (Å²) in [6.07, 6.45) is 5.83. The Morgan fingerprint density at radius 3 is 1.29 bits per heavy atom. The Kier molecular flexibility index (Phi) is 22.3. The summed E-state index contributed by atoms with van der Waals surface area (Å²) in [5, 5.41) is 7.60. The lowest BCUT2D eigenvalue weighted by Crippen LogP contribution is -1.82. The Labute approximate surface area is 86.3 Å². The average molecular weight is 194 g/mol. The summed E-state index contributed by atoms with van der Waals surface area (Å²) in [5.74, 6) is -0.981. The fourth-order valence-electron chi connectivity index (χ4n) is 0. The molecule has 0 aromatic carbocycles. The summed E-state index contributed by atoms with van der Waals surface area (Å²) in [5.41, 5.74) is 1.02. The van der Waals surface area contributed by atoms with Gasteiger partial charge in [-0.2, -0.15) is 0 Å². The summed E-state index contributed by atoms with van der Waals surface area (Å²) in [6, 6.07) is 0. The molecule has 14 heavy (non-hydrogen) atoms. The number of hydrogen-bond donors (Lipinski definition) is 1. The monoisotopic (exact) mass is 194 g/mol. The van der Waals surface area contributed by atoms with E-state index in [9.17, 15) is 4.79 Å². The van der Waals surface area contributed by atoms with Crippen molar-refractivity contribution in [3.63, 3.8) is 0 Å². The lowest BCUT2D eigenvalue weighted by molar-refractivity contribution is -0.131. The third-order valence-electron chi connectivity index (χ3n) is 0.690. The van der Waals surface area contributed by atoms with E-state index in [4.69, 9.17) is 5.11 Å². The van der Waals surface area contributed by atoms with Gasteiger partial charge in [-0.1, -0.05) is 56.7 Å². The van der Waals surface area contributed by atoms with Gasteiger partial charge in [-0.05, 0) is 6.92 Å². The third-order valence-corrected chi connectivity index (χ3v) is 0.690. The van der Waals surface area contributed by atoms with Crippen LogP contribution in [0.1, 0.15) is 6.92 Å². The van der Waals surface area contributed by atoms with E-state index in [-0.39, 0.29) is 0 Å². The van der Waals surface area contributed by atoms with Crippen molar-refractivity contribution in [1.82, 2.24) is 0 Å². The van der Waals surface area contributed by atoms with E-state index in [1.807, 2.05) is 6.92 Å². The number of carboxylic acids is 1. The zero-order chi connectivity index (χ0) is 12.0. The van der Waals surface area contributed by atoms with Crippen LogP contribution in [0.5, 0.6) is 0 Å². The molecule has 0 bridgehead atoms. The standard InChI is InChI=1S/C5H8.C4H6.C3H4O2/c1-4-5(2)3;1-3-4-2;1-2-3(4)5/h4H,1-2H2,3H3;3-4H,1-2H2;2H,1H2,(H,4,5). The summed E-state index contributed by atoms with van der Waals surface area (Å²) >= 11 is 0. The van der Waals surface area contributed by atoms with Gasteiger partial charge >= 0.3 is 5.97 Å². The van der Waals surface area contributed by atoms with Gasteiger partial charge < -0.3 is 5.11 Å². The molecule has 0 aromatic heterocycles. The van der Waals surface area contributed by atoms with Gasteiger partial charge in [-0.15, -0.1) is 0 Å². The average Bonchev–Trinajstić information content (AvgIpc) is 2.19. The van der Waals surface area contributed by atoms with Gasteiger partial charge in [0, 0.05) is 6.08 Å². The molecule has 1 N–H and O–H groups in total. The maximum Gasteiger partial charge on any atom is 0.327 e. The predicted octanol–water partition coefficient (Wildman–Crippen LogP) is 3.36. The van der Waals surface area contributed by atoms with Crippen molar-refractivity contribution in [2.45, 2.75) is 6.92 Å². The zero-order valence-electron chi connectivity index (χ0n) is 8.70. The molecule has 0 spiro atoms. The van der Waals surface area contributed by atoms with Crippen LogP contribution in [0.3, 0.4) is 0 Å². The first kappa shape index (κ1) is 18.1. The minimum absolute atomic E-state index is 0.833. The molecule has 0 aliphatic rings. The molecule has 0 radical (unpaired) electrons. The van der Waals surface area contributed by atoms with Crippen molar-refractivity contribution in [2.24, 2.45) is 0 Å². The highest BCUT2D eigenvalue weighted by Crippen LogP contribution is 1.81. The number of carbonyl (C=O) groups is 1. The molecule has 0 fully saturated rings. The minimum Gasteiger partial charge on any atom is -0.478 e. The largest absolute Gasteiger partial charge is 0.478 e. The second-order valence-electron chi connectivity index (χ2n) is 2.06. The maximum absolute atomic E-state index is 9.25. The molecule has 0 amide bonds. The molecule has 0 atom stereocenters. The Morgan fingerprint density at radius 1 is 1.07 bits per heavy atom. The van der Waals surface area contributed by atoms with E-state index in [0.29, 0.717) is 0 Å². The van der Waals surface area contributed by atoms with Gasteiger partial charge in [0.25, 0.3) is 0 Å². The zero-order valence-corrected chi connectivity index (χ0v) is 8.70. The molecule has 0 heterocycles.